The zero-order chi connectivity index (χ0) is 34.7. The van der Waals surface area contributed by atoms with Gasteiger partial charge in [0.2, 0.25) is 5.78 Å². The van der Waals surface area contributed by atoms with Crippen LogP contribution in [0.1, 0.15) is 54.6 Å². The molecule has 0 saturated heterocycles. The van der Waals surface area contributed by atoms with E-state index in [-0.39, 0.29) is 29.7 Å². The minimum Gasteiger partial charge on any atom is -0.510 e. The van der Waals surface area contributed by atoms with Crippen LogP contribution in [0.15, 0.2) is 71.2 Å². The van der Waals surface area contributed by atoms with Crippen molar-refractivity contribution in [1.82, 2.24) is 9.80 Å². The molecule has 252 valence electrons. The molecular formula is C38H43N3O7. The molecule has 48 heavy (non-hydrogen) atoms. The molecule has 0 spiro atoms. The van der Waals surface area contributed by atoms with Crippen LogP contribution >= 0.6 is 0 Å². The van der Waals surface area contributed by atoms with E-state index in [0.29, 0.717) is 5.56 Å². The van der Waals surface area contributed by atoms with Gasteiger partial charge in [-0.15, -0.1) is 0 Å². The number of ketones is 2. The second-order valence-electron chi connectivity index (χ2n) is 13.5. The lowest BCUT2D eigenvalue weighted by atomic mass is 9.58. The highest BCUT2D eigenvalue weighted by molar-refractivity contribution is 6.25. The van der Waals surface area contributed by atoms with Crippen LogP contribution in [0, 0.1) is 11.8 Å². The van der Waals surface area contributed by atoms with E-state index in [4.69, 9.17) is 5.73 Å². The fourth-order valence-electron chi connectivity index (χ4n) is 8.38. The number of carbonyl (C=O) groups excluding carboxylic acids is 3. The highest BCUT2D eigenvalue weighted by atomic mass is 16.3. The molecular weight excluding hydrogens is 610 g/mol. The van der Waals surface area contributed by atoms with Gasteiger partial charge >= 0.3 is 0 Å². The lowest BCUT2D eigenvalue weighted by Gasteiger charge is -2.50. The number of primary amides is 1. The van der Waals surface area contributed by atoms with Gasteiger partial charge in [0.15, 0.2) is 11.4 Å². The van der Waals surface area contributed by atoms with Crippen molar-refractivity contribution < 1.29 is 34.8 Å². The minimum atomic E-state index is -2.67. The van der Waals surface area contributed by atoms with Gasteiger partial charge in [0, 0.05) is 18.0 Å². The van der Waals surface area contributed by atoms with E-state index in [1.807, 2.05) is 12.1 Å². The van der Waals surface area contributed by atoms with E-state index in [9.17, 15) is 34.8 Å². The van der Waals surface area contributed by atoms with Gasteiger partial charge in [0.25, 0.3) is 5.91 Å². The van der Waals surface area contributed by atoms with Gasteiger partial charge in [-0.25, -0.2) is 0 Å². The molecule has 0 aromatic heterocycles. The molecule has 0 unspecified atom stereocenters. The van der Waals surface area contributed by atoms with Crippen LogP contribution in [0.4, 0.5) is 0 Å². The molecule has 4 atom stereocenters. The molecule has 10 heteroatoms. The highest BCUT2D eigenvalue weighted by Gasteiger charge is 2.63. The third-order valence-electron chi connectivity index (χ3n) is 10.4. The summed E-state index contributed by atoms with van der Waals surface area (Å²) in [5.41, 5.74) is 5.23. The second kappa shape index (κ2) is 12.5. The molecule has 0 heterocycles. The van der Waals surface area contributed by atoms with Crippen molar-refractivity contribution in [2.45, 2.75) is 57.7 Å². The standard InChI is InChI=1S/C38H43N3O7/c1-5-15-41(16-6-2)19-20-11-12-24(23-10-8-7-9-22(20)23)25-13-14-28(42)30-26(25)17-21-18-27-32(40(3)4)34(44)31(37(39)47)36(46)38(27,48)35(45)29(21)33(30)43/h7-14,21,27,32,42,44-45,48H,5-6,15-19H2,1-4H3,(H2,39,47)/t21-,27-,32+,38-/m0/s1. The second-order valence-corrected chi connectivity index (χ2v) is 13.5. The van der Waals surface area contributed by atoms with Crippen molar-refractivity contribution in [3.05, 3.63) is 87.9 Å². The van der Waals surface area contributed by atoms with Crippen LogP contribution in [0.5, 0.6) is 5.75 Å². The molecule has 0 bridgehead atoms. The average Bonchev–Trinajstić information content (AvgIpc) is 3.03. The summed E-state index contributed by atoms with van der Waals surface area (Å²) in [7, 11) is 3.23. The number of rotatable bonds is 9. The Morgan fingerprint density at radius 3 is 2.21 bits per heavy atom. The maximum absolute atomic E-state index is 14.3. The van der Waals surface area contributed by atoms with Gasteiger partial charge in [-0.05, 0) is 97.9 Å². The molecule has 3 aromatic carbocycles. The summed E-state index contributed by atoms with van der Waals surface area (Å²) < 4.78 is 0. The van der Waals surface area contributed by atoms with Crippen molar-refractivity contribution in [3.8, 4) is 16.9 Å². The minimum absolute atomic E-state index is 0.00138. The molecule has 3 aliphatic carbocycles. The normalized spacial score (nSPS) is 23.9. The van der Waals surface area contributed by atoms with E-state index >= 15 is 0 Å². The zero-order valence-electron chi connectivity index (χ0n) is 27.8. The van der Waals surface area contributed by atoms with E-state index in [1.165, 1.54) is 11.6 Å². The number of allylic oxidation sites excluding steroid dienone is 1. The first-order chi connectivity index (χ1) is 22.9. The molecule has 3 aliphatic rings. The summed E-state index contributed by atoms with van der Waals surface area (Å²) >= 11 is 0. The molecule has 0 fully saturated rings. The summed E-state index contributed by atoms with van der Waals surface area (Å²) in [5, 5.41) is 47.8. The Hall–Kier alpha value is -4.51. The maximum Gasteiger partial charge on any atom is 0.255 e. The van der Waals surface area contributed by atoms with Crippen LogP contribution in [0.3, 0.4) is 0 Å². The van der Waals surface area contributed by atoms with Crippen LogP contribution in [0.2, 0.25) is 0 Å². The van der Waals surface area contributed by atoms with Gasteiger partial charge in [-0.3, -0.25) is 24.2 Å². The number of nitrogens with zero attached hydrogens (tertiary/aromatic N) is 2. The number of amides is 1. The Labute approximate surface area is 279 Å². The van der Waals surface area contributed by atoms with Crippen molar-refractivity contribution in [3.63, 3.8) is 0 Å². The molecule has 0 radical (unpaired) electrons. The van der Waals surface area contributed by atoms with E-state index in [0.717, 1.165) is 54.4 Å². The average molecular weight is 654 g/mol. The Morgan fingerprint density at radius 2 is 1.58 bits per heavy atom. The Morgan fingerprint density at radius 1 is 0.938 bits per heavy atom. The largest absolute Gasteiger partial charge is 0.510 e. The number of hydrogen-bond donors (Lipinski definition) is 5. The summed E-state index contributed by atoms with van der Waals surface area (Å²) in [6.07, 6.45) is 2.36. The number of benzene rings is 3. The number of aromatic hydroxyl groups is 1. The Bertz CT molecular complexity index is 1910. The number of phenols is 1. The molecule has 1 amide bonds. The van der Waals surface area contributed by atoms with Gasteiger partial charge < -0.3 is 26.2 Å². The fraction of sp³-hybridized carbons (Fsp3) is 0.395. The van der Waals surface area contributed by atoms with Crippen LogP contribution in [-0.2, 0) is 22.6 Å². The molecule has 10 nitrogen and oxygen atoms in total. The fourth-order valence-corrected chi connectivity index (χ4v) is 8.38. The predicted octanol–water partition coefficient (Wildman–Crippen LogP) is 4.56. The molecule has 0 aliphatic heterocycles. The number of likely N-dealkylation sites (N-methyl/N-ethyl adjacent to an activating group) is 1. The number of hydrogen-bond acceptors (Lipinski definition) is 9. The first-order valence-electron chi connectivity index (χ1n) is 16.6. The SMILES string of the molecule is CCCN(CCC)Cc1ccc(-c2ccc(O)c3c2C[C@H]2C[C@H]4[C@@H](N(C)C)C(O)=C(C(N)=O)C(=O)[C@@]4(O)C(O)=C2C3=O)c2ccccc12. The Balaban J connectivity index is 1.50. The topological polar surface area (TPSA) is 165 Å². The van der Waals surface area contributed by atoms with Crippen LogP contribution in [0.25, 0.3) is 21.9 Å². The predicted molar refractivity (Wildman–Crippen MR) is 182 cm³/mol. The number of Topliss-reactive ketones (excluding diaryl/α,β-unsaturated/α-hetero) is 2. The van der Waals surface area contributed by atoms with Crippen molar-refractivity contribution in [1.29, 1.82) is 0 Å². The molecule has 6 rings (SSSR count). The van der Waals surface area contributed by atoms with E-state index < -0.39 is 58.0 Å². The summed E-state index contributed by atoms with van der Waals surface area (Å²) in [5.74, 6) is -6.68. The monoisotopic (exact) mass is 653 g/mol. The van der Waals surface area contributed by atoms with Crippen molar-refractivity contribution >= 4 is 28.2 Å². The van der Waals surface area contributed by atoms with Gasteiger partial charge in [-0.2, -0.15) is 0 Å². The molecule has 3 aromatic rings. The number of aliphatic hydroxyl groups is 3. The number of phenolic OH excluding ortho intramolecular Hbond substituents is 1. The van der Waals surface area contributed by atoms with Crippen molar-refractivity contribution in [2.75, 3.05) is 27.2 Å². The van der Waals surface area contributed by atoms with Crippen LogP contribution < -0.4 is 5.73 Å². The van der Waals surface area contributed by atoms with Crippen LogP contribution in [-0.4, -0.2) is 86.5 Å². The first-order valence-corrected chi connectivity index (χ1v) is 16.6. The third kappa shape index (κ3) is 5.01. The lowest BCUT2D eigenvalue weighted by Crippen LogP contribution is -2.63. The Kier molecular flexibility index (Phi) is 8.70. The summed E-state index contributed by atoms with van der Waals surface area (Å²) in [4.78, 5) is 44.1. The maximum atomic E-state index is 14.3. The van der Waals surface area contributed by atoms with Gasteiger partial charge in [-0.1, -0.05) is 56.3 Å². The number of nitrogens with two attached hydrogens (primary N) is 1. The lowest BCUT2D eigenvalue weighted by molar-refractivity contribution is -0.148. The summed E-state index contributed by atoms with van der Waals surface area (Å²) in [6, 6.07) is 14.5. The van der Waals surface area contributed by atoms with E-state index in [2.05, 4.69) is 43.0 Å². The number of fused-ring (bicyclic) bond motifs is 4. The zero-order valence-corrected chi connectivity index (χ0v) is 27.8. The van der Waals surface area contributed by atoms with Gasteiger partial charge in [0.1, 0.15) is 22.8 Å². The number of aliphatic hydroxyl groups excluding tert-OH is 2. The quantitative estimate of drug-likeness (QED) is 0.208. The number of carbonyl (C=O) groups is 3. The van der Waals surface area contributed by atoms with E-state index in [1.54, 1.807) is 25.1 Å². The molecule has 0 saturated carbocycles. The third-order valence-corrected chi connectivity index (χ3v) is 10.4. The molecule has 6 N–H and O–H groups in total. The highest BCUT2D eigenvalue weighted by Crippen LogP contribution is 2.53. The van der Waals surface area contributed by atoms with Gasteiger partial charge in [0.05, 0.1) is 11.6 Å². The summed E-state index contributed by atoms with van der Waals surface area (Å²) in [6.45, 7) is 7.15. The smallest absolute Gasteiger partial charge is 0.255 e. The van der Waals surface area contributed by atoms with Crippen molar-refractivity contribution in [2.24, 2.45) is 17.6 Å². The first kappa shape index (κ1) is 33.4.